The molecule has 2 aliphatic heterocycles. The molecule has 7 nitrogen and oxygen atoms in total. The van der Waals surface area contributed by atoms with E-state index in [2.05, 4.69) is 20.2 Å². The first-order valence-electron chi connectivity index (χ1n) is 9.71. The summed E-state index contributed by atoms with van der Waals surface area (Å²) in [7, 11) is 0. The number of H-pyrrole nitrogens is 1. The third kappa shape index (κ3) is 5.14. The van der Waals surface area contributed by atoms with Crippen molar-refractivity contribution < 1.29 is 9.53 Å². The number of carbonyl (C=O) groups excluding carboxylic acids is 1. The number of aromatic nitrogens is 2. The Morgan fingerprint density at radius 2 is 2.08 bits per heavy atom. The first-order valence-corrected chi connectivity index (χ1v) is 9.71. The zero-order chi connectivity index (χ0) is 18.5. The van der Waals surface area contributed by atoms with Crippen LogP contribution in [0, 0.1) is 13.8 Å². The molecule has 1 aromatic heterocycles. The minimum atomic E-state index is -0.331. The monoisotopic (exact) mass is 362 g/mol. The Bertz CT molecular complexity index is 648. The number of ether oxygens (including phenoxy) is 1. The summed E-state index contributed by atoms with van der Waals surface area (Å²) in [5, 5.41) is 3.16. The van der Waals surface area contributed by atoms with Crippen LogP contribution in [-0.2, 0) is 16.0 Å². The first kappa shape index (κ1) is 19.0. The highest BCUT2D eigenvalue weighted by Gasteiger charge is 2.24. The molecule has 1 atom stereocenters. The molecule has 1 amide bonds. The molecule has 3 rings (SSSR count). The summed E-state index contributed by atoms with van der Waals surface area (Å²) in [6.45, 7) is 7.64. The predicted octanol–water partition coefficient (Wildman–Crippen LogP) is 1.08. The molecule has 1 aromatic rings. The minimum Gasteiger partial charge on any atom is -0.377 e. The lowest BCUT2D eigenvalue weighted by Gasteiger charge is -2.33. The van der Waals surface area contributed by atoms with Crippen molar-refractivity contribution in [3.8, 4) is 0 Å². The maximum atomic E-state index is 12.3. The zero-order valence-corrected chi connectivity index (χ0v) is 15.8. The summed E-state index contributed by atoms with van der Waals surface area (Å²) < 4.78 is 5.71. The number of amides is 1. The maximum absolute atomic E-state index is 12.3. The quantitative estimate of drug-likeness (QED) is 0.791. The van der Waals surface area contributed by atoms with Crippen molar-refractivity contribution >= 4 is 5.91 Å². The van der Waals surface area contributed by atoms with E-state index in [1.807, 2.05) is 13.8 Å². The number of aromatic amines is 1. The summed E-state index contributed by atoms with van der Waals surface area (Å²) in [6.07, 6.45) is 5.78. The lowest BCUT2D eigenvalue weighted by atomic mass is 10.0. The first-order chi connectivity index (χ1) is 12.5. The predicted molar refractivity (Wildman–Crippen MR) is 99.2 cm³/mol. The van der Waals surface area contributed by atoms with Gasteiger partial charge in [-0.2, -0.15) is 4.98 Å². The van der Waals surface area contributed by atoms with Gasteiger partial charge in [-0.25, -0.2) is 4.79 Å². The van der Waals surface area contributed by atoms with E-state index < -0.39 is 0 Å². The molecule has 0 aromatic carbocycles. The lowest BCUT2D eigenvalue weighted by Crippen LogP contribution is -2.46. The summed E-state index contributed by atoms with van der Waals surface area (Å²) in [5.41, 5.74) is 2.15. The van der Waals surface area contributed by atoms with E-state index in [9.17, 15) is 9.59 Å². The molecule has 0 spiro atoms. The number of aryl methyl sites for hydroxylation is 2. The van der Waals surface area contributed by atoms with Gasteiger partial charge in [0.1, 0.15) is 0 Å². The number of nitrogens with zero attached hydrogens (tertiary/aromatic N) is 2. The van der Waals surface area contributed by atoms with Crippen LogP contribution in [0.15, 0.2) is 4.79 Å². The molecule has 7 heteroatoms. The van der Waals surface area contributed by atoms with Gasteiger partial charge in [0.25, 0.3) is 0 Å². The highest BCUT2D eigenvalue weighted by atomic mass is 16.5. The van der Waals surface area contributed by atoms with Gasteiger partial charge < -0.3 is 19.9 Å². The van der Waals surface area contributed by atoms with Crippen molar-refractivity contribution in [2.24, 2.45) is 0 Å². The van der Waals surface area contributed by atoms with Gasteiger partial charge >= 0.3 is 5.69 Å². The largest absolute Gasteiger partial charge is 0.377 e. The number of nitrogens with one attached hydrogen (secondary N) is 2. The second-order valence-electron chi connectivity index (χ2n) is 7.51. The van der Waals surface area contributed by atoms with E-state index in [1.165, 1.54) is 12.8 Å². The van der Waals surface area contributed by atoms with Crippen molar-refractivity contribution in [1.82, 2.24) is 20.2 Å². The van der Waals surface area contributed by atoms with E-state index >= 15 is 0 Å². The van der Waals surface area contributed by atoms with Crippen molar-refractivity contribution in [3.05, 3.63) is 27.4 Å². The molecule has 0 saturated carbocycles. The van der Waals surface area contributed by atoms with Crippen LogP contribution < -0.4 is 11.0 Å². The minimum absolute atomic E-state index is 0.0765. The Balaban J connectivity index is 1.40. The van der Waals surface area contributed by atoms with Crippen molar-refractivity contribution in [2.75, 3.05) is 26.2 Å². The third-order valence-corrected chi connectivity index (χ3v) is 5.49. The number of hydrogen-bond donors (Lipinski definition) is 2. The van der Waals surface area contributed by atoms with Crippen LogP contribution in [-0.4, -0.2) is 59.2 Å². The Morgan fingerprint density at radius 1 is 1.31 bits per heavy atom. The van der Waals surface area contributed by atoms with E-state index in [4.69, 9.17) is 4.74 Å². The van der Waals surface area contributed by atoms with Gasteiger partial charge in [0.15, 0.2) is 0 Å². The van der Waals surface area contributed by atoms with Gasteiger partial charge in [-0.05, 0) is 51.5 Å². The van der Waals surface area contributed by atoms with Crippen LogP contribution >= 0.6 is 0 Å². The molecule has 3 heterocycles. The van der Waals surface area contributed by atoms with Crippen LogP contribution in [0.4, 0.5) is 0 Å². The molecule has 2 N–H and O–H groups in total. The molecule has 144 valence electrons. The summed E-state index contributed by atoms with van der Waals surface area (Å²) in [5.74, 6) is 0.0765. The van der Waals surface area contributed by atoms with E-state index in [1.54, 1.807) is 0 Å². The molecule has 2 aliphatic rings. The van der Waals surface area contributed by atoms with Crippen LogP contribution in [0.5, 0.6) is 0 Å². The highest BCUT2D eigenvalue weighted by Crippen LogP contribution is 2.17. The third-order valence-electron chi connectivity index (χ3n) is 5.49. The SMILES string of the molecule is Cc1nc(=O)[nH]c(C)c1CCC(=O)NC1CCN(C[C@H]2CCCO2)CC1. The normalized spacial score (nSPS) is 21.8. The number of rotatable bonds is 6. The molecule has 26 heavy (non-hydrogen) atoms. The molecule has 2 saturated heterocycles. The zero-order valence-electron chi connectivity index (χ0n) is 15.8. The van der Waals surface area contributed by atoms with Crippen LogP contribution in [0.2, 0.25) is 0 Å². The molecule has 0 bridgehead atoms. The van der Waals surface area contributed by atoms with Crippen LogP contribution in [0.3, 0.4) is 0 Å². The van der Waals surface area contributed by atoms with Gasteiger partial charge in [0, 0.05) is 50.1 Å². The summed E-state index contributed by atoms with van der Waals surface area (Å²) in [6, 6.07) is 0.263. The van der Waals surface area contributed by atoms with Crippen molar-refractivity contribution in [3.63, 3.8) is 0 Å². The van der Waals surface area contributed by atoms with Crippen LogP contribution in [0.1, 0.15) is 49.1 Å². The van der Waals surface area contributed by atoms with Gasteiger partial charge in [-0.15, -0.1) is 0 Å². The van der Waals surface area contributed by atoms with Crippen molar-refractivity contribution in [1.29, 1.82) is 0 Å². The van der Waals surface area contributed by atoms with Gasteiger partial charge in [0.2, 0.25) is 5.91 Å². The molecule has 0 radical (unpaired) electrons. The Hall–Kier alpha value is -1.73. The van der Waals surface area contributed by atoms with Gasteiger partial charge in [-0.3, -0.25) is 4.79 Å². The molecule has 0 aliphatic carbocycles. The second kappa shape index (κ2) is 8.77. The topological polar surface area (TPSA) is 87.3 Å². The van der Waals surface area contributed by atoms with Gasteiger partial charge in [0.05, 0.1) is 6.10 Å². The van der Waals surface area contributed by atoms with Crippen molar-refractivity contribution in [2.45, 2.75) is 64.5 Å². The number of carbonyl (C=O) groups is 1. The number of likely N-dealkylation sites (tertiary alicyclic amines) is 1. The lowest BCUT2D eigenvalue weighted by molar-refractivity contribution is -0.122. The molecular formula is C19H30N4O3. The Morgan fingerprint density at radius 3 is 2.73 bits per heavy atom. The standard InChI is InChI=1S/C19H30N4O3/c1-13-17(14(2)21-19(25)20-13)5-6-18(24)22-15-7-9-23(10-8-15)12-16-4-3-11-26-16/h15-16H,3-12H2,1-2H3,(H,22,24)(H,20,21,25)/t16-/m1/s1. The average molecular weight is 362 g/mol. The number of hydrogen-bond acceptors (Lipinski definition) is 5. The van der Waals surface area contributed by atoms with E-state index in [0.29, 0.717) is 24.6 Å². The fourth-order valence-corrected chi connectivity index (χ4v) is 4.00. The Kier molecular flexibility index (Phi) is 6.43. The second-order valence-corrected chi connectivity index (χ2v) is 7.51. The molecular weight excluding hydrogens is 332 g/mol. The van der Waals surface area contributed by atoms with E-state index in [0.717, 1.165) is 50.3 Å². The van der Waals surface area contributed by atoms with Crippen LogP contribution in [0.25, 0.3) is 0 Å². The van der Waals surface area contributed by atoms with E-state index in [-0.39, 0.29) is 17.6 Å². The van der Waals surface area contributed by atoms with Gasteiger partial charge in [-0.1, -0.05) is 0 Å². The maximum Gasteiger partial charge on any atom is 0.345 e. The smallest absolute Gasteiger partial charge is 0.345 e. The fourth-order valence-electron chi connectivity index (χ4n) is 4.00. The Labute approximate surface area is 154 Å². The summed E-state index contributed by atoms with van der Waals surface area (Å²) >= 11 is 0. The number of piperidine rings is 1. The average Bonchev–Trinajstić information content (AvgIpc) is 3.08. The fraction of sp³-hybridized carbons (Fsp3) is 0.737. The molecule has 0 unspecified atom stereocenters. The highest BCUT2D eigenvalue weighted by molar-refractivity contribution is 5.76. The summed E-state index contributed by atoms with van der Waals surface area (Å²) in [4.78, 5) is 32.7. The molecule has 2 fully saturated rings.